The predicted octanol–water partition coefficient (Wildman–Crippen LogP) is 4.42. The van der Waals surface area contributed by atoms with Gasteiger partial charge in [-0.15, -0.1) is 0 Å². The molecular formula is C14H15F5. The summed E-state index contributed by atoms with van der Waals surface area (Å²) in [6.45, 7) is 0. The summed E-state index contributed by atoms with van der Waals surface area (Å²) in [5, 5.41) is 0. The van der Waals surface area contributed by atoms with E-state index < -0.39 is 35.3 Å². The van der Waals surface area contributed by atoms with Gasteiger partial charge in [0.05, 0.1) is 5.41 Å². The zero-order chi connectivity index (χ0) is 13.6. The number of allylic oxidation sites excluding steroid dienone is 2. The van der Waals surface area contributed by atoms with Gasteiger partial charge in [0.15, 0.2) is 0 Å². The second-order valence-corrected chi connectivity index (χ2v) is 6.69. The zero-order valence-electron chi connectivity index (χ0n) is 10.3. The highest BCUT2D eigenvalue weighted by Gasteiger charge is 2.82. The number of fused-ring (bicyclic) bond motifs is 9. The van der Waals surface area contributed by atoms with Gasteiger partial charge in [-0.1, -0.05) is 12.2 Å². The molecule has 0 radical (unpaired) electrons. The van der Waals surface area contributed by atoms with Gasteiger partial charge in [-0.25, -0.2) is 0 Å². The van der Waals surface area contributed by atoms with Gasteiger partial charge in [0, 0.05) is 0 Å². The first-order valence-electron chi connectivity index (χ1n) is 6.93. The molecule has 0 amide bonds. The topological polar surface area (TPSA) is 0 Å². The van der Waals surface area contributed by atoms with E-state index in [-0.39, 0.29) is 11.8 Å². The van der Waals surface area contributed by atoms with Crippen LogP contribution in [0.3, 0.4) is 0 Å². The van der Waals surface area contributed by atoms with Crippen molar-refractivity contribution < 1.29 is 22.0 Å². The first-order valence-corrected chi connectivity index (χ1v) is 6.93. The van der Waals surface area contributed by atoms with Crippen molar-refractivity contribution in [1.82, 2.24) is 0 Å². The van der Waals surface area contributed by atoms with Crippen LogP contribution in [0.25, 0.3) is 0 Å². The fourth-order valence-electron chi connectivity index (χ4n) is 5.98. The van der Waals surface area contributed by atoms with Crippen molar-refractivity contribution in [2.24, 2.45) is 35.0 Å². The van der Waals surface area contributed by atoms with Crippen LogP contribution < -0.4 is 0 Å². The van der Waals surface area contributed by atoms with Gasteiger partial charge in [0.25, 0.3) is 0 Å². The van der Waals surface area contributed by atoms with E-state index in [9.17, 15) is 22.0 Å². The molecule has 4 aliphatic rings. The third-order valence-corrected chi connectivity index (χ3v) is 6.30. The van der Waals surface area contributed by atoms with Crippen LogP contribution >= 0.6 is 0 Å². The molecule has 0 saturated heterocycles. The lowest BCUT2D eigenvalue weighted by molar-refractivity contribution is -0.347. The number of hydrogen-bond acceptors (Lipinski definition) is 0. The first-order chi connectivity index (χ1) is 8.80. The van der Waals surface area contributed by atoms with Crippen molar-refractivity contribution in [3.63, 3.8) is 0 Å². The molecule has 0 N–H and O–H groups in total. The zero-order valence-corrected chi connectivity index (χ0v) is 10.3. The molecule has 0 heterocycles. The Morgan fingerprint density at radius 2 is 1.68 bits per heavy atom. The SMILES string of the molecule is FC(F)(F)C(F)(F)C12C3C=CC(C3)C1C1CCC2C1. The van der Waals surface area contributed by atoms with Gasteiger partial charge in [-0.2, -0.15) is 22.0 Å². The Balaban J connectivity index is 1.90. The maximum absolute atomic E-state index is 14.3. The van der Waals surface area contributed by atoms with E-state index in [1.807, 2.05) is 6.08 Å². The van der Waals surface area contributed by atoms with Gasteiger partial charge in [0.2, 0.25) is 0 Å². The minimum absolute atomic E-state index is 0.0477. The van der Waals surface area contributed by atoms with Crippen molar-refractivity contribution in [2.75, 3.05) is 0 Å². The molecule has 0 aromatic heterocycles. The van der Waals surface area contributed by atoms with E-state index in [1.165, 1.54) is 0 Å². The van der Waals surface area contributed by atoms with E-state index in [0.29, 0.717) is 19.3 Å². The van der Waals surface area contributed by atoms with Crippen LogP contribution in [0.5, 0.6) is 0 Å². The number of hydrogen-bond donors (Lipinski definition) is 0. The fraction of sp³-hybridized carbons (Fsp3) is 0.857. The fourth-order valence-corrected chi connectivity index (χ4v) is 5.98. The summed E-state index contributed by atoms with van der Waals surface area (Å²) in [7, 11) is 0. The average molecular weight is 278 g/mol. The van der Waals surface area contributed by atoms with E-state index in [1.54, 1.807) is 6.08 Å². The normalized spacial score (nSPS) is 51.1. The van der Waals surface area contributed by atoms with E-state index in [4.69, 9.17) is 0 Å². The van der Waals surface area contributed by atoms with E-state index >= 15 is 0 Å². The van der Waals surface area contributed by atoms with E-state index in [0.717, 1.165) is 6.42 Å². The standard InChI is InChI=1S/C14H15F5/c15-13(16,14(17,18)19)12-9-3-1-7(5-9)11(12)8-2-4-10(12)6-8/h1,3,7-11H,2,4-6H2. The monoisotopic (exact) mass is 278 g/mol. The van der Waals surface area contributed by atoms with Crippen LogP contribution in [-0.2, 0) is 0 Å². The molecule has 4 aliphatic carbocycles. The van der Waals surface area contributed by atoms with Gasteiger partial charge >= 0.3 is 12.1 Å². The van der Waals surface area contributed by atoms with Crippen LogP contribution in [0.4, 0.5) is 22.0 Å². The molecule has 0 aromatic rings. The lowest BCUT2D eigenvalue weighted by Gasteiger charge is -2.50. The molecule has 3 saturated carbocycles. The molecule has 0 spiro atoms. The van der Waals surface area contributed by atoms with Crippen molar-refractivity contribution >= 4 is 0 Å². The molecule has 19 heavy (non-hydrogen) atoms. The van der Waals surface area contributed by atoms with Crippen LogP contribution in [0.2, 0.25) is 0 Å². The van der Waals surface area contributed by atoms with Crippen LogP contribution in [0.15, 0.2) is 12.2 Å². The minimum atomic E-state index is -5.42. The van der Waals surface area contributed by atoms with Gasteiger partial charge in [0.1, 0.15) is 0 Å². The molecule has 0 nitrogen and oxygen atoms in total. The van der Waals surface area contributed by atoms with Crippen molar-refractivity contribution in [2.45, 2.75) is 37.8 Å². The molecular weight excluding hydrogens is 263 g/mol. The highest BCUT2D eigenvalue weighted by Crippen LogP contribution is 2.78. The molecule has 0 aromatic carbocycles. The number of halogens is 5. The van der Waals surface area contributed by atoms with Crippen molar-refractivity contribution in [3.8, 4) is 0 Å². The molecule has 4 rings (SSSR count). The van der Waals surface area contributed by atoms with Crippen molar-refractivity contribution in [1.29, 1.82) is 0 Å². The third-order valence-electron chi connectivity index (χ3n) is 6.30. The molecule has 5 heteroatoms. The average Bonchev–Trinajstić information content (AvgIpc) is 3.05. The predicted molar refractivity (Wildman–Crippen MR) is 58.5 cm³/mol. The summed E-state index contributed by atoms with van der Waals surface area (Å²) in [4.78, 5) is 0. The van der Waals surface area contributed by atoms with Crippen LogP contribution in [0.1, 0.15) is 25.7 Å². The number of alkyl halides is 5. The molecule has 3 fully saturated rings. The van der Waals surface area contributed by atoms with Crippen LogP contribution in [0, 0.1) is 35.0 Å². The third kappa shape index (κ3) is 1.09. The summed E-state index contributed by atoms with van der Waals surface area (Å²) in [5.74, 6) is -5.98. The van der Waals surface area contributed by atoms with E-state index in [2.05, 4.69) is 0 Å². The lowest BCUT2D eigenvalue weighted by Crippen LogP contribution is -2.59. The molecule has 0 aliphatic heterocycles. The summed E-state index contributed by atoms with van der Waals surface area (Å²) in [5.41, 5.74) is -1.83. The highest BCUT2D eigenvalue weighted by molar-refractivity contribution is 5.29. The Kier molecular flexibility index (Phi) is 2.03. The molecule has 4 bridgehead atoms. The van der Waals surface area contributed by atoms with Gasteiger partial charge < -0.3 is 0 Å². The van der Waals surface area contributed by atoms with Crippen LogP contribution in [-0.4, -0.2) is 12.1 Å². The van der Waals surface area contributed by atoms with Crippen molar-refractivity contribution in [3.05, 3.63) is 12.2 Å². The van der Waals surface area contributed by atoms with Gasteiger partial charge in [-0.3, -0.25) is 0 Å². The summed E-state index contributed by atoms with van der Waals surface area (Å²) in [6.07, 6.45) is 0.566. The summed E-state index contributed by atoms with van der Waals surface area (Å²) >= 11 is 0. The maximum atomic E-state index is 14.3. The first kappa shape index (κ1) is 12.2. The number of rotatable bonds is 1. The lowest BCUT2D eigenvalue weighted by atomic mass is 9.57. The quantitative estimate of drug-likeness (QED) is 0.378. The second kappa shape index (κ2) is 3.17. The Morgan fingerprint density at radius 3 is 2.37 bits per heavy atom. The highest BCUT2D eigenvalue weighted by atomic mass is 19.4. The summed E-state index contributed by atoms with van der Waals surface area (Å²) in [6, 6.07) is 0. The Morgan fingerprint density at radius 1 is 0.947 bits per heavy atom. The molecule has 106 valence electrons. The largest absolute Gasteiger partial charge is 0.453 e. The minimum Gasteiger partial charge on any atom is -0.196 e. The summed E-state index contributed by atoms with van der Waals surface area (Å²) < 4.78 is 67.7. The Labute approximate surface area is 108 Å². The Bertz CT molecular complexity index is 451. The molecule has 6 unspecified atom stereocenters. The van der Waals surface area contributed by atoms with Gasteiger partial charge in [-0.05, 0) is 55.3 Å². The maximum Gasteiger partial charge on any atom is 0.453 e. The smallest absolute Gasteiger partial charge is 0.196 e. The Hall–Kier alpha value is -0.610. The second-order valence-electron chi connectivity index (χ2n) is 6.69. The molecule has 6 atom stereocenters.